The molecule has 1 aromatic rings. The number of rotatable bonds is 0. The maximum absolute atomic E-state index is 8.94. The lowest BCUT2D eigenvalue weighted by molar-refractivity contribution is 0.212. The van der Waals surface area contributed by atoms with Gasteiger partial charge in [0.1, 0.15) is 11.8 Å². The maximum atomic E-state index is 8.94. The number of nitrogens with zero attached hydrogens (tertiary/aromatic N) is 2. The van der Waals surface area contributed by atoms with Crippen LogP contribution in [0.4, 0.5) is 5.69 Å². The Morgan fingerprint density at radius 3 is 2.93 bits per heavy atom. The number of hydrogen-bond acceptors (Lipinski definition) is 3. The number of benzene rings is 1. The fraction of sp³-hybridized carbons (Fsp3) is 0.364. The summed E-state index contributed by atoms with van der Waals surface area (Å²) < 4.78 is 5.56. The predicted molar refractivity (Wildman–Crippen MR) is 59.3 cm³/mol. The van der Waals surface area contributed by atoms with E-state index in [-0.39, 0.29) is 6.04 Å². The summed E-state index contributed by atoms with van der Waals surface area (Å²) in [6, 6.07) is 7.65. The van der Waals surface area contributed by atoms with Crippen LogP contribution in [0.15, 0.2) is 18.2 Å². The lowest BCUT2D eigenvalue weighted by atomic mass is 10.1. The molecule has 0 aromatic heterocycles. The summed E-state index contributed by atoms with van der Waals surface area (Å²) in [5.74, 6) is 0.676. The zero-order valence-corrected chi connectivity index (χ0v) is 9.32. The summed E-state index contributed by atoms with van der Waals surface area (Å²) in [5, 5.41) is 9.56. The van der Waals surface area contributed by atoms with E-state index >= 15 is 0 Å². The van der Waals surface area contributed by atoms with Crippen LogP contribution in [-0.2, 0) is 0 Å². The van der Waals surface area contributed by atoms with Gasteiger partial charge in [0.05, 0.1) is 11.7 Å². The number of nitriles is 1. The Balaban J connectivity index is 2.46. The monoisotopic (exact) mass is 222 g/mol. The van der Waals surface area contributed by atoms with Crippen LogP contribution >= 0.6 is 11.6 Å². The Labute approximate surface area is 93.8 Å². The van der Waals surface area contributed by atoms with Crippen molar-refractivity contribution < 1.29 is 4.74 Å². The molecule has 0 spiro atoms. The van der Waals surface area contributed by atoms with Gasteiger partial charge in [-0.2, -0.15) is 5.26 Å². The van der Waals surface area contributed by atoms with Crippen LogP contribution in [-0.4, -0.2) is 19.2 Å². The summed E-state index contributed by atoms with van der Waals surface area (Å²) in [5.41, 5.74) is 0.971. The Morgan fingerprint density at radius 1 is 1.53 bits per heavy atom. The van der Waals surface area contributed by atoms with Gasteiger partial charge in [-0.25, -0.2) is 0 Å². The number of halogens is 1. The smallest absolute Gasteiger partial charge is 0.204 e. The lowest BCUT2D eigenvalue weighted by Crippen LogP contribution is -2.45. The zero-order valence-electron chi connectivity index (χ0n) is 8.57. The van der Waals surface area contributed by atoms with Crippen LogP contribution in [0.5, 0.6) is 5.75 Å². The van der Waals surface area contributed by atoms with Crippen molar-refractivity contribution in [1.29, 1.82) is 5.26 Å². The predicted octanol–water partition coefficient (Wildman–Crippen LogP) is 2.45. The molecular weight excluding hydrogens is 212 g/mol. The van der Waals surface area contributed by atoms with Crippen molar-refractivity contribution in [2.24, 2.45) is 0 Å². The molecule has 1 aliphatic rings. The van der Waals surface area contributed by atoms with E-state index in [0.29, 0.717) is 10.8 Å². The Hall–Kier alpha value is -1.40. The fourth-order valence-electron chi connectivity index (χ4n) is 1.67. The standard InChI is InChI=1S/C11H11ClN2O/c1-7-11(6-13)15-10-5-8(12)3-4-9(10)14(7)2/h3-5,7,11H,1-2H3. The number of fused-ring (bicyclic) bond motifs is 1. The molecule has 15 heavy (non-hydrogen) atoms. The molecule has 0 aliphatic carbocycles. The van der Waals surface area contributed by atoms with E-state index in [9.17, 15) is 0 Å². The second kappa shape index (κ2) is 3.63. The third kappa shape index (κ3) is 1.62. The second-order valence-corrected chi connectivity index (χ2v) is 4.07. The molecule has 0 saturated carbocycles. The van der Waals surface area contributed by atoms with E-state index in [4.69, 9.17) is 21.6 Å². The molecule has 0 radical (unpaired) electrons. The largest absolute Gasteiger partial charge is 0.471 e. The minimum atomic E-state index is -0.444. The first kappa shape index (κ1) is 10.1. The van der Waals surface area contributed by atoms with E-state index < -0.39 is 6.10 Å². The quantitative estimate of drug-likeness (QED) is 0.677. The molecule has 3 nitrogen and oxygen atoms in total. The van der Waals surface area contributed by atoms with Crippen LogP contribution in [0.1, 0.15) is 6.92 Å². The SMILES string of the molecule is CC1C(C#N)Oc2cc(Cl)ccc2N1C. The molecular formula is C11H11ClN2O. The number of anilines is 1. The average Bonchev–Trinajstić information content (AvgIpc) is 2.23. The molecule has 0 N–H and O–H groups in total. The fourth-order valence-corrected chi connectivity index (χ4v) is 1.83. The highest BCUT2D eigenvalue weighted by Gasteiger charge is 2.30. The van der Waals surface area contributed by atoms with Gasteiger partial charge in [0.15, 0.2) is 0 Å². The Kier molecular flexibility index (Phi) is 2.45. The van der Waals surface area contributed by atoms with Gasteiger partial charge in [0.25, 0.3) is 0 Å². The van der Waals surface area contributed by atoms with Gasteiger partial charge in [-0.3, -0.25) is 0 Å². The van der Waals surface area contributed by atoms with Crippen LogP contribution in [0.2, 0.25) is 5.02 Å². The topological polar surface area (TPSA) is 36.3 Å². The van der Waals surface area contributed by atoms with Gasteiger partial charge in [0, 0.05) is 18.1 Å². The van der Waals surface area contributed by atoms with Crippen molar-refractivity contribution in [1.82, 2.24) is 0 Å². The van der Waals surface area contributed by atoms with Crippen molar-refractivity contribution in [3.63, 3.8) is 0 Å². The molecule has 0 fully saturated rings. The zero-order chi connectivity index (χ0) is 11.0. The van der Waals surface area contributed by atoms with Crippen LogP contribution in [0, 0.1) is 11.3 Å². The summed E-state index contributed by atoms with van der Waals surface area (Å²) in [4.78, 5) is 2.03. The number of ether oxygens (including phenoxy) is 1. The van der Waals surface area contributed by atoms with Gasteiger partial charge in [-0.05, 0) is 19.1 Å². The summed E-state index contributed by atoms with van der Waals surface area (Å²) in [6.45, 7) is 1.96. The van der Waals surface area contributed by atoms with Gasteiger partial charge in [-0.15, -0.1) is 0 Å². The summed E-state index contributed by atoms with van der Waals surface area (Å²) in [7, 11) is 1.95. The maximum Gasteiger partial charge on any atom is 0.204 e. The van der Waals surface area contributed by atoms with Crippen molar-refractivity contribution in [2.75, 3.05) is 11.9 Å². The molecule has 1 aliphatic heterocycles. The van der Waals surface area contributed by atoms with Gasteiger partial charge in [-0.1, -0.05) is 11.6 Å². The van der Waals surface area contributed by atoms with Gasteiger partial charge in [0.2, 0.25) is 6.10 Å². The molecule has 0 amide bonds. The number of hydrogen-bond donors (Lipinski definition) is 0. The lowest BCUT2D eigenvalue weighted by Gasteiger charge is -2.36. The molecule has 0 saturated heterocycles. The molecule has 1 heterocycles. The molecule has 4 heteroatoms. The van der Waals surface area contributed by atoms with E-state index in [2.05, 4.69) is 6.07 Å². The number of likely N-dealkylation sites (N-methyl/N-ethyl adjacent to an activating group) is 1. The van der Waals surface area contributed by atoms with Gasteiger partial charge >= 0.3 is 0 Å². The van der Waals surface area contributed by atoms with E-state index in [1.54, 1.807) is 6.07 Å². The molecule has 1 aromatic carbocycles. The molecule has 0 bridgehead atoms. The third-order valence-electron chi connectivity index (χ3n) is 2.73. The van der Waals surface area contributed by atoms with E-state index in [1.165, 1.54) is 0 Å². The minimum absolute atomic E-state index is 0.0451. The first-order chi connectivity index (χ1) is 7.13. The Bertz CT molecular complexity index is 427. The first-order valence-corrected chi connectivity index (χ1v) is 5.10. The van der Waals surface area contributed by atoms with E-state index in [1.807, 2.05) is 31.0 Å². The minimum Gasteiger partial charge on any atom is -0.471 e. The third-order valence-corrected chi connectivity index (χ3v) is 2.97. The highest BCUT2D eigenvalue weighted by Crippen LogP contribution is 2.36. The van der Waals surface area contributed by atoms with Crippen LogP contribution < -0.4 is 9.64 Å². The van der Waals surface area contributed by atoms with Crippen LogP contribution in [0.25, 0.3) is 0 Å². The first-order valence-electron chi connectivity index (χ1n) is 4.72. The van der Waals surface area contributed by atoms with Crippen LogP contribution in [0.3, 0.4) is 0 Å². The van der Waals surface area contributed by atoms with Crippen molar-refractivity contribution in [2.45, 2.75) is 19.1 Å². The second-order valence-electron chi connectivity index (χ2n) is 3.63. The Morgan fingerprint density at radius 2 is 2.27 bits per heavy atom. The summed E-state index contributed by atoms with van der Waals surface area (Å²) in [6.07, 6.45) is -0.444. The normalized spacial score (nSPS) is 24.0. The van der Waals surface area contributed by atoms with Crippen molar-refractivity contribution in [3.05, 3.63) is 23.2 Å². The molecule has 2 unspecified atom stereocenters. The average molecular weight is 223 g/mol. The van der Waals surface area contributed by atoms with Gasteiger partial charge < -0.3 is 9.64 Å². The highest BCUT2D eigenvalue weighted by molar-refractivity contribution is 6.30. The molecule has 2 rings (SSSR count). The summed E-state index contributed by atoms with van der Waals surface area (Å²) >= 11 is 5.87. The molecule has 2 atom stereocenters. The van der Waals surface area contributed by atoms with Crippen molar-refractivity contribution in [3.8, 4) is 11.8 Å². The molecule has 78 valence electrons. The highest BCUT2D eigenvalue weighted by atomic mass is 35.5. The van der Waals surface area contributed by atoms with Crippen molar-refractivity contribution >= 4 is 17.3 Å². The van der Waals surface area contributed by atoms with E-state index in [0.717, 1.165) is 5.69 Å².